The van der Waals surface area contributed by atoms with E-state index in [-0.39, 0.29) is 16.6 Å². The third kappa shape index (κ3) is 4.51. The second kappa shape index (κ2) is 6.86. The zero-order chi connectivity index (χ0) is 19.9. The fraction of sp³-hybridized carbons (Fsp3) is 0.333. The van der Waals surface area contributed by atoms with Gasteiger partial charge in [0.1, 0.15) is 12.1 Å². The van der Waals surface area contributed by atoms with Gasteiger partial charge in [0.25, 0.3) is 5.56 Å². The molecule has 1 atom stereocenters. The fourth-order valence-electron chi connectivity index (χ4n) is 2.29. The van der Waals surface area contributed by atoms with Crippen molar-refractivity contribution in [3.05, 3.63) is 51.7 Å². The maximum atomic E-state index is 12.6. The Bertz CT molecular complexity index is 918. The molecule has 142 valence electrons. The van der Waals surface area contributed by atoms with E-state index in [1.54, 1.807) is 0 Å². The molecule has 0 radical (unpaired) electrons. The van der Waals surface area contributed by atoms with Gasteiger partial charge in [-0.05, 0) is 31.0 Å². The van der Waals surface area contributed by atoms with Crippen molar-refractivity contribution in [3.63, 3.8) is 0 Å². The van der Waals surface area contributed by atoms with Gasteiger partial charge in [-0.1, -0.05) is 6.07 Å². The maximum absolute atomic E-state index is 12.6. The molecule has 1 aromatic carbocycles. The van der Waals surface area contributed by atoms with E-state index in [9.17, 15) is 35.3 Å². The highest BCUT2D eigenvalue weighted by atomic mass is 32.2. The van der Waals surface area contributed by atoms with E-state index in [2.05, 4.69) is 4.98 Å². The lowest BCUT2D eigenvalue weighted by Crippen LogP contribution is -2.23. The Hall–Kier alpha value is -2.17. The number of benzene rings is 1. The van der Waals surface area contributed by atoms with Gasteiger partial charge in [-0.15, -0.1) is 0 Å². The van der Waals surface area contributed by atoms with E-state index in [0.717, 1.165) is 10.6 Å². The van der Waals surface area contributed by atoms with E-state index in [0.29, 0.717) is 17.5 Å². The quantitative estimate of drug-likeness (QED) is 0.744. The van der Waals surface area contributed by atoms with Crippen LogP contribution >= 0.6 is 0 Å². The van der Waals surface area contributed by atoms with Gasteiger partial charge in [0.2, 0.25) is 0 Å². The lowest BCUT2D eigenvalue weighted by Gasteiger charge is -2.15. The highest BCUT2D eigenvalue weighted by Crippen LogP contribution is 2.28. The number of nitrogens with zero attached hydrogens (tertiary/aromatic N) is 2. The summed E-state index contributed by atoms with van der Waals surface area (Å²) in [5.41, 5.74) is -1.73. The molecular formula is C15H12F6N2O2S. The van der Waals surface area contributed by atoms with Crippen LogP contribution in [0.15, 0.2) is 34.2 Å². The largest absolute Gasteiger partial charge is 0.433 e. The van der Waals surface area contributed by atoms with Crippen LogP contribution in [0.2, 0.25) is 0 Å². The normalized spacial score (nSPS) is 13.7. The molecular weight excluding hydrogens is 386 g/mol. The van der Waals surface area contributed by atoms with Crippen LogP contribution in [0.25, 0.3) is 5.69 Å². The molecule has 26 heavy (non-hydrogen) atoms. The predicted molar refractivity (Wildman–Crippen MR) is 81.6 cm³/mol. The Balaban J connectivity index is 2.56. The summed E-state index contributed by atoms with van der Waals surface area (Å²) in [4.78, 5) is 15.0. The molecule has 0 aliphatic carbocycles. The van der Waals surface area contributed by atoms with Crippen molar-refractivity contribution in [2.75, 3.05) is 5.75 Å². The smallest absolute Gasteiger partial charge is 0.269 e. The van der Waals surface area contributed by atoms with Crippen LogP contribution in [0.4, 0.5) is 26.3 Å². The van der Waals surface area contributed by atoms with Crippen molar-refractivity contribution < 1.29 is 30.6 Å². The Morgan fingerprint density at radius 1 is 1.04 bits per heavy atom. The molecule has 2 aromatic rings. The van der Waals surface area contributed by atoms with Gasteiger partial charge in [-0.2, -0.15) is 26.3 Å². The summed E-state index contributed by atoms with van der Waals surface area (Å²) in [7, 11) is -2.42. The lowest BCUT2D eigenvalue weighted by molar-refractivity contribution is -0.141. The van der Waals surface area contributed by atoms with Gasteiger partial charge in [-0.25, -0.2) is 4.98 Å². The van der Waals surface area contributed by atoms with E-state index in [4.69, 9.17) is 0 Å². The summed E-state index contributed by atoms with van der Waals surface area (Å²) in [6.45, 7) is 2.97. The molecule has 0 aliphatic heterocycles. The average Bonchev–Trinajstić information content (AvgIpc) is 2.45. The van der Waals surface area contributed by atoms with Crippen molar-refractivity contribution in [3.8, 4) is 5.69 Å². The maximum Gasteiger partial charge on any atom is 0.433 e. The Morgan fingerprint density at radius 3 is 2.15 bits per heavy atom. The second-order valence-corrected chi connectivity index (χ2v) is 6.91. The summed E-state index contributed by atoms with van der Waals surface area (Å²) < 4.78 is 88.0. The number of halogens is 6. The molecule has 0 bridgehead atoms. The molecule has 1 heterocycles. The highest BCUT2D eigenvalue weighted by Gasteiger charge is 2.33. The third-order valence-electron chi connectivity index (χ3n) is 3.39. The highest BCUT2D eigenvalue weighted by molar-refractivity contribution is 7.85. The van der Waals surface area contributed by atoms with Crippen molar-refractivity contribution in [1.29, 1.82) is 0 Å². The van der Waals surface area contributed by atoms with Crippen LogP contribution < -0.4 is 5.56 Å². The van der Waals surface area contributed by atoms with Gasteiger partial charge < -0.3 is 0 Å². The predicted octanol–water partition coefficient (Wildman–Crippen LogP) is 3.54. The van der Waals surface area contributed by atoms with Crippen molar-refractivity contribution in [2.45, 2.75) is 31.1 Å². The van der Waals surface area contributed by atoms with Crippen LogP contribution in [0.3, 0.4) is 0 Å². The van der Waals surface area contributed by atoms with Gasteiger partial charge in [0, 0.05) is 11.0 Å². The molecule has 0 fully saturated rings. The average molecular weight is 398 g/mol. The second-order valence-electron chi connectivity index (χ2n) is 5.49. The van der Waals surface area contributed by atoms with E-state index in [1.807, 2.05) is 0 Å². The Morgan fingerprint density at radius 2 is 1.65 bits per heavy atom. The Kier molecular flexibility index (Phi) is 5.31. The fourth-order valence-corrected chi connectivity index (χ4v) is 3.40. The standard InChI is InChI=1S/C15H12F6N2O2S/c1-8-3-9(2)11(26(25)6-14(16,17)18)4-10(8)23-7-22-12(5-13(23)24)15(19,20)21/h3-5,7H,6H2,1-2H3. The van der Waals surface area contributed by atoms with Crippen LogP contribution in [0, 0.1) is 13.8 Å². The minimum Gasteiger partial charge on any atom is -0.269 e. The first-order valence-corrected chi connectivity index (χ1v) is 8.34. The summed E-state index contributed by atoms with van der Waals surface area (Å²) in [5, 5.41) is 0. The lowest BCUT2D eigenvalue weighted by atomic mass is 10.1. The molecule has 2 rings (SSSR count). The number of hydrogen-bond donors (Lipinski definition) is 0. The summed E-state index contributed by atoms with van der Waals surface area (Å²) >= 11 is 0. The molecule has 1 unspecified atom stereocenters. The van der Waals surface area contributed by atoms with E-state index in [1.165, 1.54) is 19.9 Å². The molecule has 11 heteroatoms. The topological polar surface area (TPSA) is 52.0 Å². The number of rotatable bonds is 3. The molecule has 0 aliphatic rings. The van der Waals surface area contributed by atoms with Gasteiger partial charge in [0.15, 0.2) is 5.69 Å². The van der Waals surface area contributed by atoms with E-state index >= 15 is 0 Å². The van der Waals surface area contributed by atoms with Crippen molar-refractivity contribution in [1.82, 2.24) is 9.55 Å². The zero-order valence-electron chi connectivity index (χ0n) is 13.4. The Labute approximate surface area is 145 Å². The summed E-state index contributed by atoms with van der Waals surface area (Å²) in [6, 6.07) is 2.79. The minimum atomic E-state index is -4.81. The van der Waals surface area contributed by atoms with Crippen molar-refractivity contribution in [2.24, 2.45) is 0 Å². The van der Waals surface area contributed by atoms with Gasteiger partial charge in [-0.3, -0.25) is 13.6 Å². The summed E-state index contributed by atoms with van der Waals surface area (Å²) in [6.07, 6.45) is -8.83. The first-order chi connectivity index (χ1) is 11.8. The molecule has 4 nitrogen and oxygen atoms in total. The number of aryl methyl sites for hydroxylation is 2. The molecule has 0 amide bonds. The molecule has 1 aromatic heterocycles. The molecule has 0 N–H and O–H groups in total. The minimum absolute atomic E-state index is 0.00680. The van der Waals surface area contributed by atoms with E-state index < -0.39 is 40.2 Å². The SMILES string of the molecule is Cc1cc(C)c(S(=O)CC(F)(F)F)cc1-n1cnc(C(F)(F)F)cc1=O. The van der Waals surface area contributed by atoms with Crippen LogP contribution in [0.5, 0.6) is 0 Å². The molecule has 0 saturated heterocycles. The first kappa shape index (κ1) is 20.1. The van der Waals surface area contributed by atoms with Crippen LogP contribution in [0.1, 0.15) is 16.8 Å². The summed E-state index contributed by atoms with van der Waals surface area (Å²) in [5.74, 6) is -1.57. The number of alkyl halides is 6. The van der Waals surface area contributed by atoms with Gasteiger partial charge >= 0.3 is 12.4 Å². The third-order valence-corrected chi connectivity index (χ3v) is 4.91. The van der Waals surface area contributed by atoms with Crippen LogP contribution in [-0.4, -0.2) is 25.7 Å². The molecule has 0 saturated carbocycles. The van der Waals surface area contributed by atoms with Crippen LogP contribution in [-0.2, 0) is 17.0 Å². The van der Waals surface area contributed by atoms with Crippen molar-refractivity contribution >= 4 is 10.8 Å². The first-order valence-electron chi connectivity index (χ1n) is 7.02. The van der Waals surface area contributed by atoms with Gasteiger partial charge in [0.05, 0.1) is 16.5 Å². The number of hydrogen-bond acceptors (Lipinski definition) is 3. The monoisotopic (exact) mass is 398 g/mol. The molecule has 0 spiro atoms. The zero-order valence-corrected chi connectivity index (χ0v) is 14.2. The number of aromatic nitrogens is 2.